The van der Waals surface area contributed by atoms with Crippen molar-refractivity contribution in [3.63, 3.8) is 0 Å². The summed E-state index contributed by atoms with van der Waals surface area (Å²) in [5.74, 6) is -2.74. The molecule has 0 bridgehead atoms. The van der Waals surface area contributed by atoms with Crippen molar-refractivity contribution in [1.29, 1.82) is 0 Å². The topological polar surface area (TPSA) is 38.7 Å². The Morgan fingerprint density at radius 1 is 1.38 bits per heavy atom. The number of hydrogen-bond acceptors (Lipinski definition) is 3. The largest absolute Gasteiger partial charge is 0.443 e. The van der Waals surface area contributed by atoms with Crippen LogP contribution in [0.1, 0.15) is 20.8 Å². The van der Waals surface area contributed by atoms with Crippen LogP contribution in [0.5, 0.6) is 0 Å². The first-order chi connectivity index (χ1) is 5.73. The Morgan fingerprint density at radius 2 is 1.85 bits per heavy atom. The first kappa shape index (κ1) is 12.7. The lowest BCUT2D eigenvalue weighted by Crippen LogP contribution is -2.49. The van der Waals surface area contributed by atoms with Crippen LogP contribution >= 0.6 is 0 Å². The molecule has 2 atom stereocenters. The molecule has 3 nitrogen and oxygen atoms in total. The second-order valence-corrected chi connectivity index (χ2v) is 2.59. The van der Waals surface area contributed by atoms with Crippen molar-refractivity contribution in [1.82, 2.24) is 0 Å². The van der Waals surface area contributed by atoms with Gasteiger partial charge in [0, 0.05) is 6.61 Å². The van der Waals surface area contributed by atoms with Crippen molar-refractivity contribution in [2.45, 2.75) is 39.0 Å². The summed E-state index contributed by atoms with van der Waals surface area (Å²) >= 11 is 0. The molecule has 0 aromatic carbocycles. The molecule has 0 aliphatic carbocycles. The molecule has 0 aliphatic heterocycles. The number of alkyl halides is 3. The SMILES string of the molecule is CCOC(C)(OC(C)O)C(F)(F)F. The van der Waals surface area contributed by atoms with E-state index in [2.05, 4.69) is 9.47 Å². The van der Waals surface area contributed by atoms with Gasteiger partial charge in [-0.25, -0.2) is 0 Å². The van der Waals surface area contributed by atoms with Gasteiger partial charge < -0.3 is 14.6 Å². The van der Waals surface area contributed by atoms with E-state index in [1.54, 1.807) is 0 Å². The predicted molar refractivity (Wildman–Crippen MR) is 38.9 cm³/mol. The third-order valence-electron chi connectivity index (χ3n) is 1.33. The summed E-state index contributed by atoms with van der Waals surface area (Å²) < 4.78 is 45.5. The average Bonchev–Trinajstić information content (AvgIpc) is 1.82. The molecule has 0 spiro atoms. The van der Waals surface area contributed by atoms with Gasteiger partial charge in [0.1, 0.15) is 0 Å². The number of rotatable bonds is 4. The van der Waals surface area contributed by atoms with E-state index in [0.717, 1.165) is 13.8 Å². The van der Waals surface area contributed by atoms with E-state index in [0.29, 0.717) is 0 Å². The Morgan fingerprint density at radius 3 is 2.08 bits per heavy atom. The lowest BCUT2D eigenvalue weighted by molar-refractivity contribution is -0.399. The van der Waals surface area contributed by atoms with E-state index in [1.165, 1.54) is 6.92 Å². The zero-order valence-electron chi connectivity index (χ0n) is 7.68. The molecule has 0 radical (unpaired) electrons. The van der Waals surface area contributed by atoms with Crippen LogP contribution in [0.25, 0.3) is 0 Å². The minimum Gasteiger partial charge on any atom is -0.368 e. The van der Waals surface area contributed by atoms with E-state index >= 15 is 0 Å². The maximum atomic E-state index is 12.3. The van der Waals surface area contributed by atoms with Gasteiger partial charge in [0.25, 0.3) is 5.79 Å². The van der Waals surface area contributed by atoms with Crippen LogP contribution in [0, 0.1) is 0 Å². The molecule has 80 valence electrons. The lowest BCUT2D eigenvalue weighted by Gasteiger charge is -2.32. The van der Waals surface area contributed by atoms with Crippen molar-refractivity contribution in [2.75, 3.05) is 6.61 Å². The van der Waals surface area contributed by atoms with E-state index in [-0.39, 0.29) is 6.61 Å². The van der Waals surface area contributed by atoms with Crippen molar-refractivity contribution >= 4 is 0 Å². The smallest absolute Gasteiger partial charge is 0.368 e. The molecule has 0 saturated carbocycles. The molecule has 0 amide bonds. The van der Waals surface area contributed by atoms with Crippen LogP contribution in [0.15, 0.2) is 0 Å². The monoisotopic (exact) mass is 202 g/mol. The number of halogens is 3. The number of ether oxygens (including phenoxy) is 2. The third-order valence-corrected chi connectivity index (χ3v) is 1.33. The molecule has 0 heterocycles. The first-order valence-electron chi connectivity index (χ1n) is 3.79. The minimum atomic E-state index is -4.67. The second kappa shape index (κ2) is 4.26. The fraction of sp³-hybridized carbons (Fsp3) is 1.00. The van der Waals surface area contributed by atoms with Gasteiger partial charge in [0.2, 0.25) is 0 Å². The molecule has 0 rings (SSSR count). The zero-order valence-corrected chi connectivity index (χ0v) is 7.68. The predicted octanol–water partition coefficient (Wildman–Crippen LogP) is 1.66. The van der Waals surface area contributed by atoms with Crippen LogP contribution in [-0.4, -0.2) is 30.0 Å². The normalized spacial score (nSPS) is 19.6. The molecule has 0 saturated heterocycles. The Labute approximate surface area is 74.4 Å². The molecule has 0 aromatic heterocycles. The quantitative estimate of drug-likeness (QED) is 0.704. The van der Waals surface area contributed by atoms with Crippen molar-refractivity contribution in [3.8, 4) is 0 Å². The maximum Gasteiger partial charge on any atom is 0.443 e. The summed E-state index contributed by atoms with van der Waals surface area (Å²) in [4.78, 5) is 0. The van der Waals surface area contributed by atoms with Gasteiger partial charge >= 0.3 is 6.18 Å². The first-order valence-corrected chi connectivity index (χ1v) is 3.79. The highest BCUT2D eigenvalue weighted by Gasteiger charge is 2.54. The molecule has 2 unspecified atom stereocenters. The molecule has 0 fully saturated rings. The van der Waals surface area contributed by atoms with Gasteiger partial charge in [-0.2, -0.15) is 13.2 Å². The van der Waals surface area contributed by atoms with Gasteiger partial charge in [0.05, 0.1) is 0 Å². The Hall–Kier alpha value is -0.330. The fourth-order valence-electron chi connectivity index (χ4n) is 0.784. The van der Waals surface area contributed by atoms with E-state index in [4.69, 9.17) is 5.11 Å². The van der Waals surface area contributed by atoms with Gasteiger partial charge in [0.15, 0.2) is 6.29 Å². The Bertz CT molecular complexity index is 158. The molecule has 0 aromatic rings. The summed E-state index contributed by atoms with van der Waals surface area (Å²) in [7, 11) is 0. The number of aliphatic hydroxyl groups is 1. The third kappa shape index (κ3) is 3.50. The van der Waals surface area contributed by atoms with E-state index in [1.807, 2.05) is 0 Å². The van der Waals surface area contributed by atoms with Gasteiger partial charge in [-0.05, 0) is 20.8 Å². The van der Waals surface area contributed by atoms with E-state index in [9.17, 15) is 13.2 Å². The Balaban J connectivity index is 4.53. The van der Waals surface area contributed by atoms with Crippen LogP contribution in [-0.2, 0) is 9.47 Å². The standard InChI is InChI=1S/C7H13F3O3/c1-4-12-6(3,7(8,9)10)13-5(2)11/h5,11H,4H2,1-3H3. The molecular weight excluding hydrogens is 189 g/mol. The lowest BCUT2D eigenvalue weighted by atomic mass is 10.3. The van der Waals surface area contributed by atoms with Gasteiger partial charge in [-0.15, -0.1) is 0 Å². The van der Waals surface area contributed by atoms with Crippen LogP contribution in [0.2, 0.25) is 0 Å². The fourth-order valence-corrected chi connectivity index (χ4v) is 0.784. The van der Waals surface area contributed by atoms with Crippen LogP contribution in [0.3, 0.4) is 0 Å². The van der Waals surface area contributed by atoms with Gasteiger partial charge in [-0.1, -0.05) is 0 Å². The van der Waals surface area contributed by atoms with Crippen molar-refractivity contribution < 1.29 is 27.8 Å². The molecule has 6 heteroatoms. The summed E-state index contributed by atoms with van der Waals surface area (Å²) in [5, 5.41) is 8.68. The van der Waals surface area contributed by atoms with Crippen molar-refractivity contribution in [2.24, 2.45) is 0 Å². The van der Waals surface area contributed by atoms with Crippen LogP contribution < -0.4 is 0 Å². The molecule has 0 aliphatic rings. The van der Waals surface area contributed by atoms with Crippen molar-refractivity contribution in [3.05, 3.63) is 0 Å². The molecule has 1 N–H and O–H groups in total. The van der Waals surface area contributed by atoms with Crippen LogP contribution in [0.4, 0.5) is 13.2 Å². The summed E-state index contributed by atoms with van der Waals surface area (Å²) in [5.41, 5.74) is 0. The van der Waals surface area contributed by atoms with E-state index < -0.39 is 18.3 Å². The summed E-state index contributed by atoms with van der Waals surface area (Å²) in [6.45, 7) is 3.07. The number of hydrogen-bond donors (Lipinski definition) is 1. The zero-order chi connectivity index (χ0) is 10.7. The molecular formula is C7H13F3O3. The second-order valence-electron chi connectivity index (χ2n) is 2.59. The highest BCUT2D eigenvalue weighted by atomic mass is 19.4. The average molecular weight is 202 g/mol. The molecule has 13 heavy (non-hydrogen) atoms. The summed E-state index contributed by atoms with van der Waals surface area (Å²) in [6.07, 6.45) is -6.20. The summed E-state index contributed by atoms with van der Waals surface area (Å²) in [6, 6.07) is 0. The Kier molecular flexibility index (Phi) is 4.15. The number of aliphatic hydroxyl groups excluding tert-OH is 1. The highest BCUT2D eigenvalue weighted by Crippen LogP contribution is 2.34. The van der Waals surface area contributed by atoms with Gasteiger partial charge in [-0.3, -0.25) is 0 Å². The maximum absolute atomic E-state index is 12.3. The minimum absolute atomic E-state index is 0.150. The highest BCUT2D eigenvalue weighted by molar-refractivity contribution is 4.73.